The quantitative estimate of drug-likeness (QED) is 0.705. The van der Waals surface area contributed by atoms with E-state index in [-0.39, 0.29) is 0 Å². The van der Waals surface area contributed by atoms with Crippen LogP contribution in [0.25, 0.3) is 11.3 Å². The Kier molecular flexibility index (Phi) is 2.85. The van der Waals surface area contributed by atoms with E-state index in [4.69, 9.17) is 16.0 Å². The van der Waals surface area contributed by atoms with E-state index in [1.54, 1.807) is 11.8 Å². The molecule has 0 aliphatic heterocycles. The lowest BCUT2D eigenvalue weighted by Crippen LogP contribution is -1.72. The van der Waals surface area contributed by atoms with Crippen LogP contribution in [0, 0.1) is 0 Å². The first-order valence-electron chi connectivity index (χ1n) is 4.19. The molecule has 0 radical (unpaired) electrons. The number of halogens is 1. The Morgan fingerprint density at radius 3 is 2.71 bits per heavy atom. The standard InChI is InChI=1S/C11H9ClOS/c1-14-11-6-5-10(13-11)8-3-2-4-9(12)7-8/h2-7H,1H3. The van der Waals surface area contributed by atoms with Crippen molar-refractivity contribution in [3.8, 4) is 11.3 Å². The van der Waals surface area contributed by atoms with Gasteiger partial charge in [-0.05, 0) is 30.5 Å². The number of hydrogen-bond acceptors (Lipinski definition) is 2. The second-order valence-electron chi connectivity index (χ2n) is 2.83. The van der Waals surface area contributed by atoms with E-state index in [1.807, 2.05) is 42.7 Å². The van der Waals surface area contributed by atoms with Crippen LogP contribution in [0.15, 0.2) is 45.9 Å². The Morgan fingerprint density at radius 1 is 1.21 bits per heavy atom. The Labute approximate surface area is 92.1 Å². The van der Waals surface area contributed by atoms with Crippen molar-refractivity contribution in [1.82, 2.24) is 0 Å². The van der Waals surface area contributed by atoms with Crippen molar-refractivity contribution >= 4 is 23.4 Å². The Bertz CT molecular complexity index is 436. The lowest BCUT2D eigenvalue weighted by molar-refractivity contribution is 0.488. The van der Waals surface area contributed by atoms with Crippen molar-refractivity contribution in [1.29, 1.82) is 0 Å². The zero-order chi connectivity index (χ0) is 9.97. The molecule has 3 heteroatoms. The highest BCUT2D eigenvalue weighted by molar-refractivity contribution is 7.98. The highest BCUT2D eigenvalue weighted by Crippen LogP contribution is 2.27. The number of hydrogen-bond donors (Lipinski definition) is 0. The maximum Gasteiger partial charge on any atom is 0.160 e. The summed E-state index contributed by atoms with van der Waals surface area (Å²) in [5.74, 6) is 0.858. The first-order valence-corrected chi connectivity index (χ1v) is 5.79. The number of benzene rings is 1. The first-order chi connectivity index (χ1) is 6.79. The summed E-state index contributed by atoms with van der Waals surface area (Å²) >= 11 is 7.48. The van der Waals surface area contributed by atoms with Gasteiger partial charge in [0.2, 0.25) is 0 Å². The van der Waals surface area contributed by atoms with Crippen LogP contribution in [-0.4, -0.2) is 6.26 Å². The van der Waals surface area contributed by atoms with Gasteiger partial charge in [0, 0.05) is 10.6 Å². The molecule has 0 atom stereocenters. The third kappa shape index (κ3) is 1.97. The molecule has 2 rings (SSSR count). The molecule has 0 N–H and O–H groups in total. The Balaban J connectivity index is 2.39. The fourth-order valence-electron chi connectivity index (χ4n) is 1.23. The van der Waals surface area contributed by atoms with E-state index in [1.165, 1.54) is 0 Å². The molecule has 1 aromatic heterocycles. The van der Waals surface area contributed by atoms with Crippen LogP contribution in [0.4, 0.5) is 0 Å². The van der Waals surface area contributed by atoms with Crippen molar-refractivity contribution in [3.05, 3.63) is 41.4 Å². The average molecular weight is 225 g/mol. The van der Waals surface area contributed by atoms with Crippen LogP contribution in [0.3, 0.4) is 0 Å². The molecular formula is C11H9ClOS. The third-order valence-electron chi connectivity index (χ3n) is 1.89. The van der Waals surface area contributed by atoms with Gasteiger partial charge in [-0.25, -0.2) is 0 Å². The predicted octanol–water partition coefficient (Wildman–Crippen LogP) is 4.32. The summed E-state index contributed by atoms with van der Waals surface area (Å²) in [5, 5.41) is 1.64. The summed E-state index contributed by atoms with van der Waals surface area (Å²) in [4.78, 5) is 0. The van der Waals surface area contributed by atoms with Crippen molar-refractivity contribution in [2.45, 2.75) is 5.09 Å². The van der Waals surface area contributed by atoms with Crippen LogP contribution >= 0.6 is 23.4 Å². The van der Waals surface area contributed by atoms with E-state index in [0.29, 0.717) is 0 Å². The van der Waals surface area contributed by atoms with E-state index >= 15 is 0 Å². The summed E-state index contributed by atoms with van der Waals surface area (Å²) in [6.45, 7) is 0. The second-order valence-corrected chi connectivity index (χ2v) is 4.08. The second kappa shape index (κ2) is 4.11. The van der Waals surface area contributed by atoms with Gasteiger partial charge in [-0.1, -0.05) is 35.5 Å². The van der Waals surface area contributed by atoms with E-state index in [2.05, 4.69) is 0 Å². The van der Waals surface area contributed by atoms with Crippen molar-refractivity contribution < 1.29 is 4.42 Å². The minimum absolute atomic E-state index is 0.726. The molecule has 2 aromatic rings. The molecule has 0 spiro atoms. The zero-order valence-corrected chi connectivity index (χ0v) is 9.23. The van der Waals surface area contributed by atoms with E-state index in [9.17, 15) is 0 Å². The third-order valence-corrected chi connectivity index (χ3v) is 2.75. The molecule has 0 aliphatic carbocycles. The Morgan fingerprint density at radius 2 is 2.07 bits per heavy atom. The number of furan rings is 1. The van der Waals surface area contributed by atoms with Gasteiger partial charge in [-0.3, -0.25) is 0 Å². The topological polar surface area (TPSA) is 13.1 Å². The summed E-state index contributed by atoms with van der Waals surface area (Å²) in [5.41, 5.74) is 1.01. The van der Waals surface area contributed by atoms with Gasteiger partial charge >= 0.3 is 0 Å². The molecule has 0 bridgehead atoms. The minimum atomic E-state index is 0.726. The molecule has 0 amide bonds. The SMILES string of the molecule is CSc1ccc(-c2cccc(Cl)c2)o1. The van der Waals surface area contributed by atoms with Crippen LogP contribution in [-0.2, 0) is 0 Å². The summed E-state index contributed by atoms with van der Waals surface area (Å²) in [6.07, 6.45) is 1.99. The van der Waals surface area contributed by atoms with E-state index < -0.39 is 0 Å². The van der Waals surface area contributed by atoms with Gasteiger partial charge in [0.05, 0.1) is 0 Å². The van der Waals surface area contributed by atoms with Crippen LogP contribution < -0.4 is 0 Å². The maximum atomic E-state index is 5.89. The monoisotopic (exact) mass is 224 g/mol. The molecule has 0 aliphatic rings. The molecule has 0 saturated heterocycles. The number of thioether (sulfide) groups is 1. The summed E-state index contributed by atoms with van der Waals surface area (Å²) in [7, 11) is 0. The van der Waals surface area contributed by atoms with Crippen LogP contribution in [0.5, 0.6) is 0 Å². The van der Waals surface area contributed by atoms with Crippen molar-refractivity contribution in [2.75, 3.05) is 6.26 Å². The molecule has 72 valence electrons. The van der Waals surface area contributed by atoms with Gasteiger partial charge in [0.15, 0.2) is 5.09 Å². The minimum Gasteiger partial charge on any atom is -0.450 e. The molecule has 14 heavy (non-hydrogen) atoms. The van der Waals surface area contributed by atoms with Gasteiger partial charge in [0.1, 0.15) is 5.76 Å². The molecule has 0 fully saturated rings. The highest BCUT2D eigenvalue weighted by Gasteiger charge is 2.03. The lowest BCUT2D eigenvalue weighted by atomic mass is 10.2. The number of rotatable bonds is 2. The smallest absolute Gasteiger partial charge is 0.160 e. The molecule has 0 unspecified atom stereocenters. The van der Waals surface area contributed by atoms with Crippen LogP contribution in [0.2, 0.25) is 5.02 Å². The fourth-order valence-corrected chi connectivity index (χ4v) is 1.79. The van der Waals surface area contributed by atoms with Crippen molar-refractivity contribution in [3.63, 3.8) is 0 Å². The molecular weight excluding hydrogens is 216 g/mol. The van der Waals surface area contributed by atoms with Gasteiger partial charge in [0.25, 0.3) is 0 Å². The molecule has 0 saturated carbocycles. The molecule has 1 nitrogen and oxygen atoms in total. The normalized spacial score (nSPS) is 10.4. The van der Waals surface area contributed by atoms with Gasteiger partial charge in [-0.15, -0.1) is 0 Å². The van der Waals surface area contributed by atoms with Gasteiger partial charge in [-0.2, -0.15) is 0 Å². The summed E-state index contributed by atoms with van der Waals surface area (Å²) in [6, 6.07) is 11.6. The maximum absolute atomic E-state index is 5.89. The largest absolute Gasteiger partial charge is 0.450 e. The van der Waals surface area contributed by atoms with E-state index in [0.717, 1.165) is 21.4 Å². The zero-order valence-electron chi connectivity index (χ0n) is 7.66. The fraction of sp³-hybridized carbons (Fsp3) is 0.0909. The van der Waals surface area contributed by atoms with Gasteiger partial charge < -0.3 is 4.42 Å². The van der Waals surface area contributed by atoms with Crippen LogP contribution in [0.1, 0.15) is 0 Å². The molecule has 1 aromatic carbocycles. The lowest BCUT2D eigenvalue weighted by Gasteiger charge is -1.96. The van der Waals surface area contributed by atoms with Crippen molar-refractivity contribution in [2.24, 2.45) is 0 Å². The Hall–Kier alpha value is -0.860. The predicted molar refractivity (Wildman–Crippen MR) is 60.9 cm³/mol. The average Bonchev–Trinajstić information content (AvgIpc) is 2.66. The molecule has 1 heterocycles. The first kappa shape index (κ1) is 9.69. The highest BCUT2D eigenvalue weighted by atomic mass is 35.5. The summed E-state index contributed by atoms with van der Waals surface area (Å²) < 4.78 is 5.58.